The number of rotatable bonds is 3. The van der Waals surface area contributed by atoms with E-state index in [0.29, 0.717) is 0 Å². The van der Waals surface area contributed by atoms with Crippen LogP contribution in [-0.4, -0.2) is 12.4 Å². The van der Waals surface area contributed by atoms with Gasteiger partial charge in [0.05, 0.1) is 0 Å². The lowest BCUT2D eigenvalue weighted by molar-refractivity contribution is -0.0522. The van der Waals surface area contributed by atoms with Crippen LogP contribution >= 0.6 is 0 Å². The molecule has 0 N–H and O–H groups in total. The predicted molar refractivity (Wildman–Crippen MR) is 47.8 cm³/mol. The lowest BCUT2D eigenvalue weighted by atomic mass is 10.0. The van der Waals surface area contributed by atoms with Crippen LogP contribution in [0.1, 0.15) is 22.8 Å². The van der Waals surface area contributed by atoms with Crippen molar-refractivity contribution in [3.63, 3.8) is 0 Å². The number of Topliss-reactive ketones (excluding diaryl/α,β-unsaturated/α-hetero) is 1. The molecule has 0 amide bonds. The van der Waals surface area contributed by atoms with Gasteiger partial charge >= 0.3 is 6.61 Å². The van der Waals surface area contributed by atoms with Crippen molar-refractivity contribution in [2.45, 2.75) is 13.5 Å². The van der Waals surface area contributed by atoms with Crippen molar-refractivity contribution < 1.29 is 22.7 Å². The van der Waals surface area contributed by atoms with Gasteiger partial charge in [-0.05, 0) is 19.1 Å². The molecule has 84 valence electrons. The lowest BCUT2D eigenvalue weighted by Gasteiger charge is -2.08. The van der Waals surface area contributed by atoms with Crippen LogP contribution in [0.5, 0.6) is 5.75 Å². The molecule has 0 saturated carbocycles. The molecule has 0 aliphatic carbocycles. The Labute approximate surface area is 89.1 Å². The average molecular weight is 229 g/mol. The fourth-order valence-corrected chi connectivity index (χ4v) is 1.15. The van der Waals surface area contributed by atoms with E-state index in [-0.39, 0.29) is 5.56 Å². The Kier molecular flexibility index (Phi) is 3.51. The van der Waals surface area contributed by atoms with Gasteiger partial charge in [-0.3, -0.25) is 4.79 Å². The standard InChI is InChI=1S/C10H6F3NO2/c1-5(15)6-2-3-8(16-10(12)13)9(11)7(6)4-14/h2-3,10H,1H3. The van der Waals surface area contributed by atoms with E-state index in [9.17, 15) is 18.0 Å². The van der Waals surface area contributed by atoms with E-state index in [1.54, 1.807) is 0 Å². The van der Waals surface area contributed by atoms with Crippen LogP contribution in [0.3, 0.4) is 0 Å². The summed E-state index contributed by atoms with van der Waals surface area (Å²) in [6.45, 7) is -2.05. The molecule has 0 aliphatic heterocycles. The summed E-state index contributed by atoms with van der Waals surface area (Å²) in [5.74, 6) is -2.54. The highest BCUT2D eigenvalue weighted by Gasteiger charge is 2.18. The Morgan fingerprint density at radius 1 is 1.50 bits per heavy atom. The zero-order valence-electron chi connectivity index (χ0n) is 8.13. The van der Waals surface area contributed by atoms with Gasteiger partial charge in [-0.25, -0.2) is 4.39 Å². The first-order valence-corrected chi connectivity index (χ1v) is 4.15. The molecule has 0 aromatic heterocycles. The van der Waals surface area contributed by atoms with E-state index in [1.165, 1.54) is 6.07 Å². The number of halogens is 3. The monoisotopic (exact) mass is 229 g/mol. The topological polar surface area (TPSA) is 50.1 Å². The molecule has 0 heterocycles. The Bertz CT molecular complexity index is 466. The molecule has 0 spiro atoms. The van der Waals surface area contributed by atoms with E-state index in [0.717, 1.165) is 19.1 Å². The highest BCUT2D eigenvalue weighted by molar-refractivity contribution is 5.96. The first kappa shape index (κ1) is 12.0. The number of hydrogen-bond acceptors (Lipinski definition) is 3. The van der Waals surface area contributed by atoms with Gasteiger partial charge in [0.2, 0.25) is 0 Å². The number of alkyl halides is 2. The average Bonchev–Trinajstić information content (AvgIpc) is 2.19. The fraction of sp³-hybridized carbons (Fsp3) is 0.200. The molecule has 0 fully saturated rings. The first-order valence-electron chi connectivity index (χ1n) is 4.15. The summed E-state index contributed by atoms with van der Waals surface area (Å²) in [6.07, 6.45) is 0. The van der Waals surface area contributed by atoms with Gasteiger partial charge in [-0.15, -0.1) is 0 Å². The molecule has 1 aromatic rings. The normalized spacial score (nSPS) is 10.0. The Hall–Kier alpha value is -2.03. The maximum Gasteiger partial charge on any atom is 0.387 e. The summed E-state index contributed by atoms with van der Waals surface area (Å²) >= 11 is 0. The number of benzene rings is 1. The second-order valence-corrected chi connectivity index (χ2v) is 2.85. The molecule has 6 heteroatoms. The van der Waals surface area contributed by atoms with Crippen LogP contribution in [0, 0.1) is 17.1 Å². The molecule has 0 radical (unpaired) electrons. The zero-order valence-corrected chi connectivity index (χ0v) is 8.13. The number of ketones is 1. The summed E-state index contributed by atoms with van der Waals surface area (Å²) in [4.78, 5) is 11.0. The molecule has 0 bridgehead atoms. The van der Waals surface area contributed by atoms with Crippen molar-refractivity contribution in [2.75, 3.05) is 0 Å². The van der Waals surface area contributed by atoms with Gasteiger partial charge in [0, 0.05) is 5.56 Å². The molecule has 1 rings (SSSR count). The minimum absolute atomic E-state index is 0.165. The van der Waals surface area contributed by atoms with Crippen molar-refractivity contribution in [3.05, 3.63) is 29.1 Å². The van der Waals surface area contributed by atoms with Crippen LogP contribution < -0.4 is 4.74 Å². The number of nitrogens with zero attached hydrogens (tertiary/aromatic N) is 1. The van der Waals surface area contributed by atoms with Crippen LogP contribution in [0.4, 0.5) is 13.2 Å². The highest BCUT2D eigenvalue weighted by Crippen LogP contribution is 2.25. The van der Waals surface area contributed by atoms with Gasteiger partial charge in [0.25, 0.3) is 0 Å². The molecule has 0 saturated heterocycles. The molecular formula is C10H6F3NO2. The van der Waals surface area contributed by atoms with E-state index >= 15 is 0 Å². The summed E-state index contributed by atoms with van der Waals surface area (Å²) in [6, 6.07) is 3.40. The molecule has 16 heavy (non-hydrogen) atoms. The second kappa shape index (κ2) is 4.66. The molecular weight excluding hydrogens is 223 g/mol. The molecule has 1 aromatic carbocycles. The van der Waals surface area contributed by atoms with E-state index in [4.69, 9.17) is 5.26 Å². The van der Waals surface area contributed by atoms with Gasteiger partial charge in [0.15, 0.2) is 17.3 Å². The number of hydrogen-bond donors (Lipinski definition) is 0. The maximum atomic E-state index is 13.4. The van der Waals surface area contributed by atoms with Crippen molar-refractivity contribution in [2.24, 2.45) is 0 Å². The maximum absolute atomic E-state index is 13.4. The number of carbonyl (C=O) groups excluding carboxylic acids is 1. The number of carbonyl (C=O) groups is 1. The Morgan fingerprint density at radius 2 is 2.12 bits per heavy atom. The third kappa shape index (κ3) is 2.31. The fourth-order valence-electron chi connectivity index (χ4n) is 1.15. The van der Waals surface area contributed by atoms with Crippen LogP contribution in [0.25, 0.3) is 0 Å². The summed E-state index contributed by atoms with van der Waals surface area (Å²) < 4.78 is 41.0. The van der Waals surface area contributed by atoms with Crippen LogP contribution in [-0.2, 0) is 0 Å². The van der Waals surface area contributed by atoms with Crippen LogP contribution in [0.2, 0.25) is 0 Å². The minimum Gasteiger partial charge on any atom is -0.432 e. The minimum atomic E-state index is -3.19. The first-order chi connectivity index (χ1) is 7.47. The molecule has 0 atom stereocenters. The van der Waals surface area contributed by atoms with Gasteiger partial charge in [-0.2, -0.15) is 14.0 Å². The lowest BCUT2D eigenvalue weighted by Crippen LogP contribution is -2.07. The van der Waals surface area contributed by atoms with E-state index in [2.05, 4.69) is 4.74 Å². The van der Waals surface area contributed by atoms with Gasteiger partial charge in [0.1, 0.15) is 11.6 Å². The summed E-state index contributed by atoms with van der Waals surface area (Å²) in [7, 11) is 0. The number of nitriles is 1. The van der Waals surface area contributed by atoms with Gasteiger partial charge < -0.3 is 4.74 Å². The zero-order chi connectivity index (χ0) is 12.3. The quantitative estimate of drug-likeness (QED) is 0.748. The largest absolute Gasteiger partial charge is 0.432 e. The van der Waals surface area contributed by atoms with Gasteiger partial charge in [-0.1, -0.05) is 0 Å². The van der Waals surface area contributed by atoms with Crippen molar-refractivity contribution in [1.82, 2.24) is 0 Å². The van der Waals surface area contributed by atoms with Crippen molar-refractivity contribution >= 4 is 5.78 Å². The SMILES string of the molecule is CC(=O)c1ccc(OC(F)F)c(F)c1C#N. The third-order valence-corrected chi connectivity index (χ3v) is 1.81. The predicted octanol–water partition coefficient (Wildman–Crippen LogP) is 2.50. The van der Waals surface area contributed by atoms with Crippen LogP contribution in [0.15, 0.2) is 12.1 Å². The number of ether oxygens (including phenoxy) is 1. The van der Waals surface area contributed by atoms with Crippen molar-refractivity contribution in [3.8, 4) is 11.8 Å². The van der Waals surface area contributed by atoms with E-state index < -0.39 is 29.5 Å². The Morgan fingerprint density at radius 3 is 2.56 bits per heavy atom. The van der Waals surface area contributed by atoms with E-state index in [1.807, 2.05) is 0 Å². The molecule has 3 nitrogen and oxygen atoms in total. The smallest absolute Gasteiger partial charge is 0.387 e. The van der Waals surface area contributed by atoms with Crippen molar-refractivity contribution in [1.29, 1.82) is 5.26 Å². The summed E-state index contributed by atoms with van der Waals surface area (Å²) in [5.41, 5.74) is -0.757. The highest BCUT2D eigenvalue weighted by atomic mass is 19.3. The summed E-state index contributed by atoms with van der Waals surface area (Å²) in [5, 5.41) is 8.62. The second-order valence-electron chi connectivity index (χ2n) is 2.85. The molecule has 0 aliphatic rings. The third-order valence-electron chi connectivity index (χ3n) is 1.81. The Balaban J connectivity index is 3.30. The molecule has 0 unspecified atom stereocenters.